The molecule has 2 aromatic rings. The summed E-state index contributed by atoms with van der Waals surface area (Å²) in [6, 6.07) is 8.90. The third kappa shape index (κ3) is 6.02. The highest BCUT2D eigenvalue weighted by atomic mass is 16.5. The van der Waals surface area contributed by atoms with Crippen LogP contribution in [0.3, 0.4) is 0 Å². The fourth-order valence-electron chi connectivity index (χ4n) is 2.58. The molecule has 1 amide bonds. The van der Waals surface area contributed by atoms with E-state index in [2.05, 4.69) is 17.3 Å². The van der Waals surface area contributed by atoms with Gasteiger partial charge in [0.2, 0.25) is 5.91 Å². The first-order valence-electron chi connectivity index (χ1n) is 9.06. The summed E-state index contributed by atoms with van der Waals surface area (Å²) in [6.07, 6.45) is 3.64. The van der Waals surface area contributed by atoms with Gasteiger partial charge in [0.1, 0.15) is 11.6 Å². The van der Waals surface area contributed by atoms with Crippen LogP contribution < -0.4 is 10.1 Å². The van der Waals surface area contributed by atoms with Gasteiger partial charge in [-0.15, -0.1) is 0 Å². The number of nitrogens with zero attached hydrogens (tertiary/aromatic N) is 2. The van der Waals surface area contributed by atoms with E-state index in [1.54, 1.807) is 42.1 Å². The van der Waals surface area contributed by atoms with Crippen molar-refractivity contribution in [1.29, 1.82) is 0 Å². The number of benzene rings is 1. The molecule has 1 heterocycles. The molecule has 0 bridgehead atoms. The second-order valence-electron chi connectivity index (χ2n) is 6.35. The summed E-state index contributed by atoms with van der Waals surface area (Å²) >= 11 is 0. The minimum Gasteiger partial charge on any atom is -0.494 e. The number of nitrogens with one attached hydrogen (secondary N) is 1. The van der Waals surface area contributed by atoms with Crippen molar-refractivity contribution in [2.75, 3.05) is 11.9 Å². The molecule has 0 radical (unpaired) electrons. The van der Waals surface area contributed by atoms with Crippen LogP contribution in [-0.4, -0.2) is 28.1 Å². The quantitative estimate of drug-likeness (QED) is 0.517. The number of hydrogen-bond acceptors (Lipinski definition) is 4. The molecule has 1 aromatic carbocycles. The number of ether oxygens (including phenoxy) is 1. The van der Waals surface area contributed by atoms with Gasteiger partial charge in [-0.25, -0.2) is 0 Å². The van der Waals surface area contributed by atoms with Gasteiger partial charge in [0.05, 0.1) is 12.3 Å². The van der Waals surface area contributed by atoms with E-state index in [0.29, 0.717) is 18.0 Å². The van der Waals surface area contributed by atoms with Crippen LogP contribution in [0.4, 0.5) is 5.82 Å². The maximum atomic E-state index is 12.2. The number of hydrogen-bond donors (Lipinski definition) is 1. The zero-order chi connectivity index (χ0) is 18.9. The molecule has 0 aliphatic carbocycles. The predicted octanol–water partition coefficient (Wildman–Crippen LogP) is 3.90. The molecule has 0 spiro atoms. The minimum absolute atomic E-state index is 0.0566. The van der Waals surface area contributed by atoms with Crippen molar-refractivity contribution in [2.45, 2.75) is 46.0 Å². The predicted molar refractivity (Wildman–Crippen MR) is 102 cm³/mol. The van der Waals surface area contributed by atoms with Crippen molar-refractivity contribution in [3.8, 4) is 5.75 Å². The minimum atomic E-state index is -0.197. The highest BCUT2D eigenvalue weighted by Crippen LogP contribution is 2.15. The molecule has 2 rings (SSSR count). The van der Waals surface area contributed by atoms with Crippen LogP contribution in [0.5, 0.6) is 5.75 Å². The van der Waals surface area contributed by atoms with Gasteiger partial charge in [-0.3, -0.25) is 14.3 Å². The highest BCUT2D eigenvalue weighted by molar-refractivity contribution is 5.99. The second kappa shape index (κ2) is 9.75. The maximum absolute atomic E-state index is 12.2. The summed E-state index contributed by atoms with van der Waals surface area (Å²) in [6.45, 7) is 4.70. The van der Waals surface area contributed by atoms with Crippen LogP contribution in [-0.2, 0) is 11.8 Å². The summed E-state index contributed by atoms with van der Waals surface area (Å²) in [5.74, 6) is 1.14. The fraction of sp³-hybridized carbons (Fsp3) is 0.450. The molecule has 0 saturated heterocycles. The van der Waals surface area contributed by atoms with Crippen LogP contribution in [0.15, 0.2) is 30.3 Å². The third-order valence-corrected chi connectivity index (χ3v) is 4.04. The van der Waals surface area contributed by atoms with Crippen molar-refractivity contribution in [3.05, 3.63) is 41.6 Å². The van der Waals surface area contributed by atoms with E-state index >= 15 is 0 Å². The molecule has 0 unspecified atom stereocenters. The Balaban J connectivity index is 1.78. The summed E-state index contributed by atoms with van der Waals surface area (Å²) in [4.78, 5) is 24.3. The summed E-state index contributed by atoms with van der Waals surface area (Å²) in [7, 11) is 1.76. The van der Waals surface area contributed by atoms with Crippen LogP contribution >= 0.6 is 0 Å². The van der Waals surface area contributed by atoms with E-state index in [4.69, 9.17) is 4.74 Å². The van der Waals surface area contributed by atoms with E-state index in [0.717, 1.165) is 30.7 Å². The van der Waals surface area contributed by atoms with Crippen LogP contribution in [0, 0.1) is 6.92 Å². The van der Waals surface area contributed by atoms with Crippen molar-refractivity contribution < 1.29 is 14.3 Å². The Labute approximate surface area is 154 Å². The number of aryl methyl sites for hydroxylation is 2. The smallest absolute Gasteiger partial charge is 0.225 e. The van der Waals surface area contributed by atoms with Gasteiger partial charge in [0.15, 0.2) is 5.78 Å². The SMILES string of the molecule is CCCCCOc1ccc(C(=O)CCC(=O)Nc2cc(C)nn2C)cc1. The molecule has 0 aliphatic heterocycles. The average Bonchev–Trinajstić information content (AvgIpc) is 2.94. The maximum Gasteiger partial charge on any atom is 0.225 e. The number of unbranched alkanes of at least 4 members (excludes halogenated alkanes) is 2. The van der Waals surface area contributed by atoms with Crippen molar-refractivity contribution in [3.63, 3.8) is 0 Å². The monoisotopic (exact) mass is 357 g/mol. The zero-order valence-corrected chi connectivity index (χ0v) is 15.7. The Hall–Kier alpha value is -2.63. The summed E-state index contributed by atoms with van der Waals surface area (Å²) in [5.41, 5.74) is 1.42. The fourth-order valence-corrected chi connectivity index (χ4v) is 2.58. The first-order chi connectivity index (χ1) is 12.5. The Morgan fingerprint density at radius 3 is 2.50 bits per heavy atom. The lowest BCUT2D eigenvalue weighted by Gasteiger charge is -2.07. The molecular formula is C20H27N3O3. The lowest BCUT2D eigenvalue weighted by molar-refractivity contribution is -0.116. The molecule has 0 aliphatic rings. The summed E-state index contributed by atoms with van der Waals surface area (Å²) in [5, 5.41) is 6.94. The van der Waals surface area contributed by atoms with Crippen LogP contribution in [0.25, 0.3) is 0 Å². The third-order valence-electron chi connectivity index (χ3n) is 4.04. The Bertz CT molecular complexity index is 735. The van der Waals surface area contributed by atoms with Crippen LogP contribution in [0.2, 0.25) is 0 Å². The number of ketones is 1. The van der Waals surface area contributed by atoms with E-state index in [-0.39, 0.29) is 24.5 Å². The Morgan fingerprint density at radius 2 is 1.88 bits per heavy atom. The van der Waals surface area contributed by atoms with Crippen molar-refractivity contribution in [2.24, 2.45) is 7.05 Å². The molecule has 26 heavy (non-hydrogen) atoms. The Kier molecular flexibility index (Phi) is 7.38. The number of rotatable bonds is 10. The van der Waals surface area contributed by atoms with Gasteiger partial charge in [-0.1, -0.05) is 19.8 Å². The van der Waals surface area contributed by atoms with Crippen molar-refractivity contribution >= 4 is 17.5 Å². The number of anilines is 1. The largest absolute Gasteiger partial charge is 0.494 e. The molecule has 0 saturated carbocycles. The van der Waals surface area contributed by atoms with Gasteiger partial charge in [0.25, 0.3) is 0 Å². The van der Waals surface area contributed by atoms with E-state index < -0.39 is 0 Å². The van der Waals surface area contributed by atoms with Crippen LogP contribution in [0.1, 0.15) is 55.1 Å². The zero-order valence-electron chi connectivity index (χ0n) is 15.7. The number of amides is 1. The van der Waals surface area contributed by atoms with E-state index in [9.17, 15) is 9.59 Å². The number of carbonyl (C=O) groups is 2. The molecule has 1 aromatic heterocycles. The van der Waals surface area contributed by atoms with Gasteiger partial charge in [0, 0.05) is 31.5 Å². The second-order valence-corrected chi connectivity index (χ2v) is 6.35. The van der Waals surface area contributed by atoms with E-state index in [1.807, 2.05) is 6.92 Å². The van der Waals surface area contributed by atoms with Gasteiger partial charge in [-0.2, -0.15) is 5.10 Å². The number of aromatic nitrogens is 2. The molecule has 6 nitrogen and oxygen atoms in total. The molecule has 0 atom stereocenters. The Morgan fingerprint density at radius 1 is 1.15 bits per heavy atom. The van der Waals surface area contributed by atoms with E-state index in [1.165, 1.54) is 0 Å². The van der Waals surface area contributed by atoms with Crippen molar-refractivity contribution in [1.82, 2.24) is 9.78 Å². The molecule has 0 fully saturated rings. The standard InChI is InChI=1S/C20H27N3O3/c1-4-5-6-13-26-17-9-7-16(8-10-17)18(24)11-12-20(25)21-19-14-15(2)22-23(19)3/h7-10,14H,4-6,11-13H2,1-3H3,(H,21,25). The van der Waals surface area contributed by atoms with Gasteiger partial charge < -0.3 is 10.1 Å². The molecular weight excluding hydrogens is 330 g/mol. The first-order valence-corrected chi connectivity index (χ1v) is 9.06. The molecule has 140 valence electrons. The van der Waals surface area contributed by atoms with Gasteiger partial charge >= 0.3 is 0 Å². The molecule has 6 heteroatoms. The number of Topliss-reactive ketones (excluding diaryl/α,β-unsaturated/α-hetero) is 1. The first kappa shape index (κ1) is 19.7. The lowest BCUT2D eigenvalue weighted by atomic mass is 10.1. The van der Waals surface area contributed by atoms with Gasteiger partial charge in [-0.05, 0) is 37.6 Å². The highest BCUT2D eigenvalue weighted by Gasteiger charge is 2.11. The summed E-state index contributed by atoms with van der Waals surface area (Å²) < 4.78 is 7.24. The lowest BCUT2D eigenvalue weighted by Crippen LogP contribution is -2.15. The molecule has 1 N–H and O–H groups in total. The topological polar surface area (TPSA) is 73.2 Å². The number of carbonyl (C=O) groups excluding carboxylic acids is 2. The normalized spacial score (nSPS) is 10.6. The average molecular weight is 357 g/mol.